The van der Waals surface area contributed by atoms with Gasteiger partial charge in [0.1, 0.15) is 6.10 Å². The summed E-state index contributed by atoms with van der Waals surface area (Å²) in [7, 11) is 0. The molecule has 0 aromatic carbocycles. The molecule has 0 aliphatic heterocycles. The molecule has 0 amide bonds. The quantitative estimate of drug-likeness (QED) is 0.272. The summed E-state index contributed by atoms with van der Waals surface area (Å²) in [5.74, 6) is -0.578. The second-order valence-corrected chi connectivity index (χ2v) is 6.50. The zero-order valence-electron chi connectivity index (χ0n) is 16.1. The Labute approximate surface area is 148 Å². The first-order chi connectivity index (χ1) is 11.6. The van der Waals surface area contributed by atoms with Crippen molar-refractivity contribution in [2.24, 2.45) is 0 Å². The van der Waals surface area contributed by atoms with Crippen LogP contribution in [0.4, 0.5) is 0 Å². The molecule has 0 saturated carbocycles. The smallest absolute Gasteiger partial charge is 0.306 e. The van der Waals surface area contributed by atoms with Crippen LogP contribution < -0.4 is 0 Å². The Bertz CT molecular complexity index is 315. The largest absolute Gasteiger partial charge is 0.466 e. The van der Waals surface area contributed by atoms with Gasteiger partial charge in [0.25, 0.3) is 0 Å². The van der Waals surface area contributed by atoms with Crippen molar-refractivity contribution in [1.29, 1.82) is 0 Å². The highest BCUT2D eigenvalue weighted by Gasteiger charge is 2.14. The maximum Gasteiger partial charge on any atom is 0.306 e. The Balaban J connectivity index is 3.58. The van der Waals surface area contributed by atoms with Crippen molar-refractivity contribution in [3.05, 3.63) is 0 Å². The first kappa shape index (κ1) is 22.9. The molecule has 4 heteroatoms. The minimum absolute atomic E-state index is 0.0128. The van der Waals surface area contributed by atoms with E-state index in [-0.39, 0.29) is 30.9 Å². The number of hydrogen-bond donors (Lipinski definition) is 0. The number of unbranched alkanes of at least 4 members (excludes halogenated alkanes) is 7. The molecule has 0 aromatic heterocycles. The molecule has 0 aliphatic carbocycles. The third-order valence-electron chi connectivity index (χ3n) is 4.18. The second-order valence-electron chi connectivity index (χ2n) is 6.50. The Hall–Kier alpha value is -1.06. The molecule has 1 atom stereocenters. The number of carbonyl (C=O) groups is 2. The van der Waals surface area contributed by atoms with E-state index in [0.29, 0.717) is 6.61 Å². The molecule has 0 saturated heterocycles. The highest BCUT2D eigenvalue weighted by molar-refractivity contribution is 5.77. The minimum atomic E-state index is -0.292. The van der Waals surface area contributed by atoms with Gasteiger partial charge in [-0.3, -0.25) is 9.59 Å². The maximum absolute atomic E-state index is 11.8. The van der Waals surface area contributed by atoms with Crippen molar-refractivity contribution in [1.82, 2.24) is 0 Å². The van der Waals surface area contributed by atoms with Crippen LogP contribution in [-0.4, -0.2) is 24.6 Å². The fourth-order valence-electron chi connectivity index (χ4n) is 2.54. The Morgan fingerprint density at radius 3 is 1.96 bits per heavy atom. The lowest BCUT2D eigenvalue weighted by Crippen LogP contribution is -2.18. The zero-order valence-corrected chi connectivity index (χ0v) is 16.1. The van der Waals surface area contributed by atoms with Gasteiger partial charge in [0, 0.05) is 0 Å². The first-order valence-electron chi connectivity index (χ1n) is 9.99. The molecule has 0 aliphatic rings. The number of carbonyl (C=O) groups excluding carboxylic acids is 2. The van der Waals surface area contributed by atoms with Gasteiger partial charge in [-0.25, -0.2) is 0 Å². The van der Waals surface area contributed by atoms with Crippen LogP contribution in [0.5, 0.6) is 0 Å². The normalized spacial score (nSPS) is 12.0. The van der Waals surface area contributed by atoms with Crippen molar-refractivity contribution in [2.45, 2.75) is 110 Å². The second kappa shape index (κ2) is 16.8. The summed E-state index contributed by atoms with van der Waals surface area (Å²) < 4.78 is 10.6. The molecule has 0 bridgehead atoms. The van der Waals surface area contributed by atoms with Crippen LogP contribution in [0.1, 0.15) is 104 Å². The number of hydrogen-bond acceptors (Lipinski definition) is 4. The molecule has 0 heterocycles. The van der Waals surface area contributed by atoms with Crippen LogP contribution in [0, 0.1) is 0 Å². The van der Waals surface area contributed by atoms with E-state index in [1.807, 2.05) is 6.92 Å². The molecule has 0 spiro atoms. The van der Waals surface area contributed by atoms with Crippen molar-refractivity contribution >= 4 is 11.9 Å². The highest BCUT2D eigenvalue weighted by atomic mass is 16.5. The predicted molar refractivity (Wildman–Crippen MR) is 97.9 cm³/mol. The molecule has 4 nitrogen and oxygen atoms in total. The molecule has 24 heavy (non-hydrogen) atoms. The van der Waals surface area contributed by atoms with Crippen LogP contribution in [-0.2, 0) is 19.1 Å². The molecule has 0 fully saturated rings. The van der Waals surface area contributed by atoms with Gasteiger partial charge in [-0.1, -0.05) is 72.1 Å². The van der Waals surface area contributed by atoms with Gasteiger partial charge in [-0.05, 0) is 19.3 Å². The summed E-state index contributed by atoms with van der Waals surface area (Å²) in [5.41, 5.74) is 0. The maximum atomic E-state index is 11.8. The topological polar surface area (TPSA) is 52.6 Å². The molecular weight excluding hydrogens is 304 g/mol. The Kier molecular flexibility index (Phi) is 16.0. The van der Waals surface area contributed by atoms with E-state index in [4.69, 9.17) is 9.47 Å². The molecule has 0 rings (SSSR count). The van der Waals surface area contributed by atoms with Gasteiger partial charge < -0.3 is 9.47 Å². The third-order valence-corrected chi connectivity index (χ3v) is 4.18. The fraction of sp³-hybridized carbons (Fsp3) is 0.900. The Morgan fingerprint density at radius 2 is 1.33 bits per heavy atom. The van der Waals surface area contributed by atoms with Crippen LogP contribution in [0.3, 0.4) is 0 Å². The van der Waals surface area contributed by atoms with E-state index in [2.05, 4.69) is 13.8 Å². The lowest BCUT2D eigenvalue weighted by atomic mass is 10.1. The lowest BCUT2D eigenvalue weighted by Gasteiger charge is -2.15. The van der Waals surface area contributed by atoms with Crippen LogP contribution >= 0.6 is 0 Å². The van der Waals surface area contributed by atoms with Gasteiger partial charge in [0.2, 0.25) is 0 Å². The number of esters is 2. The zero-order chi connectivity index (χ0) is 18.0. The van der Waals surface area contributed by atoms with E-state index in [1.165, 1.54) is 32.1 Å². The number of rotatable bonds is 16. The molecule has 142 valence electrons. The van der Waals surface area contributed by atoms with E-state index >= 15 is 0 Å². The van der Waals surface area contributed by atoms with E-state index < -0.39 is 0 Å². The average Bonchev–Trinajstić information content (AvgIpc) is 2.59. The molecule has 1 unspecified atom stereocenters. The Morgan fingerprint density at radius 1 is 0.750 bits per heavy atom. The van der Waals surface area contributed by atoms with E-state index in [1.54, 1.807) is 0 Å². The summed E-state index contributed by atoms with van der Waals surface area (Å²) >= 11 is 0. The van der Waals surface area contributed by atoms with Crippen molar-refractivity contribution in [3.8, 4) is 0 Å². The van der Waals surface area contributed by atoms with Crippen LogP contribution in [0.25, 0.3) is 0 Å². The standard InChI is InChI=1S/C20H38O4/c1-4-7-9-10-11-12-13-17-23-19(21)15-16-20(22)24-18(6-3)14-8-5-2/h18H,4-17H2,1-3H3. The first-order valence-corrected chi connectivity index (χ1v) is 9.99. The van der Waals surface area contributed by atoms with Gasteiger partial charge in [0.15, 0.2) is 0 Å². The summed E-state index contributed by atoms with van der Waals surface area (Å²) in [6.45, 7) is 6.82. The predicted octanol–water partition coefficient (Wildman–Crippen LogP) is 5.57. The van der Waals surface area contributed by atoms with E-state index in [0.717, 1.165) is 38.5 Å². The van der Waals surface area contributed by atoms with Crippen molar-refractivity contribution < 1.29 is 19.1 Å². The lowest BCUT2D eigenvalue weighted by molar-refractivity contribution is -0.154. The summed E-state index contributed by atoms with van der Waals surface area (Å²) in [4.78, 5) is 23.4. The van der Waals surface area contributed by atoms with Crippen molar-refractivity contribution in [2.75, 3.05) is 6.61 Å². The summed E-state index contributed by atoms with van der Waals surface area (Å²) in [6, 6.07) is 0. The molecule has 0 aromatic rings. The summed E-state index contributed by atoms with van der Waals surface area (Å²) in [5, 5.41) is 0. The highest BCUT2D eigenvalue weighted by Crippen LogP contribution is 2.11. The van der Waals surface area contributed by atoms with E-state index in [9.17, 15) is 9.59 Å². The monoisotopic (exact) mass is 342 g/mol. The summed E-state index contributed by atoms with van der Waals surface area (Å²) in [6.07, 6.45) is 12.5. The number of ether oxygens (including phenoxy) is 2. The van der Waals surface area contributed by atoms with Gasteiger partial charge >= 0.3 is 11.9 Å². The van der Waals surface area contributed by atoms with Gasteiger partial charge in [-0.2, -0.15) is 0 Å². The van der Waals surface area contributed by atoms with Gasteiger partial charge in [0.05, 0.1) is 19.4 Å². The molecule has 0 N–H and O–H groups in total. The SMILES string of the molecule is CCCCCCCCCOC(=O)CCC(=O)OC(CC)CCCC. The minimum Gasteiger partial charge on any atom is -0.466 e. The van der Waals surface area contributed by atoms with Gasteiger partial charge in [-0.15, -0.1) is 0 Å². The molecule has 0 radical (unpaired) electrons. The van der Waals surface area contributed by atoms with Crippen molar-refractivity contribution in [3.63, 3.8) is 0 Å². The fourth-order valence-corrected chi connectivity index (χ4v) is 2.54. The van der Waals surface area contributed by atoms with Crippen LogP contribution in [0.2, 0.25) is 0 Å². The molecular formula is C20H38O4. The van der Waals surface area contributed by atoms with Crippen LogP contribution in [0.15, 0.2) is 0 Å². The third kappa shape index (κ3) is 14.5. The average molecular weight is 343 g/mol.